The van der Waals surface area contributed by atoms with Gasteiger partial charge in [-0.05, 0) is 19.7 Å². The van der Waals surface area contributed by atoms with Crippen molar-refractivity contribution >= 4 is 24.0 Å². The van der Waals surface area contributed by atoms with Crippen LogP contribution in [0, 0.1) is 0 Å². The van der Waals surface area contributed by atoms with Crippen LogP contribution in [0.1, 0.15) is 5.56 Å². The summed E-state index contributed by atoms with van der Waals surface area (Å²) in [7, 11) is 4.15. The first-order chi connectivity index (χ1) is 6.70. The van der Waals surface area contributed by atoms with E-state index in [1.165, 1.54) is 5.56 Å². The van der Waals surface area contributed by atoms with Gasteiger partial charge in [0.1, 0.15) is 0 Å². The fourth-order valence-electron chi connectivity index (χ4n) is 0.949. The lowest BCUT2D eigenvalue weighted by Crippen LogP contribution is -2.10. The largest absolute Gasteiger partial charge is 0.305 e. The molecule has 15 heavy (non-hydrogen) atoms. The maximum Gasteiger partial charge on any atom is 0.0401 e. The first-order valence-electron chi connectivity index (χ1n) is 4.56. The van der Waals surface area contributed by atoms with Crippen molar-refractivity contribution in [2.45, 2.75) is 6.54 Å². The lowest BCUT2D eigenvalue weighted by Gasteiger charge is -2.08. The predicted octanol–water partition coefficient (Wildman–Crippen LogP) is 3.58. The fourth-order valence-corrected chi connectivity index (χ4v) is 0.949. The monoisotopic (exact) mass is 247 g/mol. The zero-order valence-corrected chi connectivity index (χ0v) is 10.9. The summed E-state index contributed by atoms with van der Waals surface area (Å²) >= 11 is 5.07. The van der Waals surface area contributed by atoms with E-state index in [2.05, 4.69) is 49.8 Å². The normalized spacial score (nSPS) is 8.53. The Morgan fingerprint density at radius 2 is 1.73 bits per heavy atom. The van der Waals surface area contributed by atoms with Crippen molar-refractivity contribution < 1.29 is 0 Å². The lowest BCUT2D eigenvalue weighted by atomic mass is 10.2. The van der Waals surface area contributed by atoms with Gasteiger partial charge in [0.25, 0.3) is 0 Å². The van der Waals surface area contributed by atoms with Crippen LogP contribution in [0.4, 0.5) is 0 Å². The van der Waals surface area contributed by atoms with E-state index in [0.717, 1.165) is 6.54 Å². The molecule has 0 bridgehead atoms. The Morgan fingerprint density at radius 3 is 2.07 bits per heavy atom. The Labute approximate surface area is 104 Å². The van der Waals surface area contributed by atoms with Crippen LogP contribution in [0.5, 0.6) is 0 Å². The van der Waals surface area contributed by atoms with E-state index in [4.69, 9.17) is 11.6 Å². The van der Waals surface area contributed by atoms with Crippen LogP contribution in [0.15, 0.2) is 43.0 Å². The van der Waals surface area contributed by atoms with E-state index >= 15 is 0 Å². The van der Waals surface area contributed by atoms with Crippen LogP contribution in [-0.4, -0.2) is 24.9 Å². The third-order valence-corrected chi connectivity index (χ3v) is 1.67. The van der Waals surface area contributed by atoms with E-state index in [9.17, 15) is 0 Å². The Hall–Kier alpha value is -0.500. The summed E-state index contributed by atoms with van der Waals surface area (Å²) in [4.78, 5) is 2.16. The number of hydrogen-bond donors (Lipinski definition) is 0. The first kappa shape index (κ1) is 16.9. The summed E-state index contributed by atoms with van der Waals surface area (Å²) < 4.78 is 0. The molecule has 1 nitrogen and oxygen atoms in total. The van der Waals surface area contributed by atoms with Crippen molar-refractivity contribution in [3.63, 3.8) is 0 Å². The molecule has 0 aliphatic carbocycles. The van der Waals surface area contributed by atoms with Crippen LogP contribution < -0.4 is 0 Å². The van der Waals surface area contributed by atoms with Crippen molar-refractivity contribution in [2.75, 3.05) is 20.0 Å². The molecule has 0 radical (unpaired) electrons. The van der Waals surface area contributed by atoms with Crippen LogP contribution >= 0.6 is 24.0 Å². The van der Waals surface area contributed by atoms with E-state index < -0.39 is 0 Å². The van der Waals surface area contributed by atoms with Gasteiger partial charge in [-0.25, -0.2) is 0 Å². The minimum atomic E-state index is 0. The van der Waals surface area contributed by atoms with Gasteiger partial charge in [0.05, 0.1) is 0 Å². The van der Waals surface area contributed by atoms with E-state index in [1.54, 1.807) is 6.08 Å². The number of alkyl halides is 1. The summed E-state index contributed by atoms with van der Waals surface area (Å²) in [5, 5.41) is 0. The van der Waals surface area contributed by atoms with Gasteiger partial charge in [0.15, 0.2) is 0 Å². The Kier molecular flexibility index (Phi) is 13.1. The van der Waals surface area contributed by atoms with Crippen molar-refractivity contribution in [2.24, 2.45) is 0 Å². The molecule has 1 aromatic rings. The van der Waals surface area contributed by atoms with Crippen molar-refractivity contribution in [3.05, 3.63) is 48.6 Å². The second kappa shape index (κ2) is 11.6. The molecule has 0 aliphatic heterocycles. The molecule has 0 aromatic heterocycles. The molecular formula is C12H19Cl2N. The molecule has 0 aliphatic rings. The standard InChI is InChI=1S/C9H13N.C3H5Cl.ClH/c1-10(2)8-9-6-4-3-5-7-9;1-2-3-4;/h3-7H,8H2,1-2H3;2H,1,3H2;1H. The van der Waals surface area contributed by atoms with Crippen molar-refractivity contribution in [1.29, 1.82) is 0 Å². The van der Waals surface area contributed by atoms with Crippen molar-refractivity contribution in [1.82, 2.24) is 4.90 Å². The number of nitrogens with zero attached hydrogens (tertiary/aromatic N) is 1. The number of rotatable bonds is 3. The Morgan fingerprint density at radius 1 is 1.27 bits per heavy atom. The molecule has 0 amide bonds. The zero-order chi connectivity index (χ0) is 10.8. The molecule has 0 saturated carbocycles. The molecule has 0 spiro atoms. The van der Waals surface area contributed by atoms with Crippen molar-refractivity contribution in [3.8, 4) is 0 Å². The van der Waals surface area contributed by atoms with Gasteiger partial charge in [-0.2, -0.15) is 0 Å². The second-order valence-electron chi connectivity index (χ2n) is 3.17. The fraction of sp³-hybridized carbons (Fsp3) is 0.333. The Bertz CT molecular complexity index is 235. The third-order valence-electron chi connectivity index (χ3n) is 1.45. The predicted molar refractivity (Wildman–Crippen MR) is 72.0 cm³/mol. The SMILES string of the molecule is C=CCCl.CN(C)Cc1ccccc1.Cl. The van der Waals surface area contributed by atoms with Crippen LogP contribution in [0.3, 0.4) is 0 Å². The molecule has 0 unspecified atom stereocenters. The van der Waals surface area contributed by atoms with Gasteiger partial charge in [-0.1, -0.05) is 36.4 Å². The van der Waals surface area contributed by atoms with Crippen LogP contribution in [0.25, 0.3) is 0 Å². The Balaban J connectivity index is 0. The van der Waals surface area contributed by atoms with Crippen LogP contribution in [0.2, 0.25) is 0 Å². The van der Waals surface area contributed by atoms with Gasteiger partial charge in [0.2, 0.25) is 0 Å². The summed E-state index contributed by atoms with van der Waals surface area (Å²) in [6.45, 7) is 4.38. The number of benzene rings is 1. The average Bonchev–Trinajstić information content (AvgIpc) is 2.19. The first-order valence-corrected chi connectivity index (χ1v) is 5.09. The highest BCUT2D eigenvalue weighted by Crippen LogP contribution is 1.99. The van der Waals surface area contributed by atoms with E-state index in [1.807, 2.05) is 6.07 Å². The maximum atomic E-state index is 5.07. The highest BCUT2D eigenvalue weighted by Gasteiger charge is 1.90. The third kappa shape index (κ3) is 11.4. The topological polar surface area (TPSA) is 3.24 Å². The molecule has 0 atom stereocenters. The molecular weight excluding hydrogens is 229 g/mol. The highest BCUT2D eigenvalue weighted by atomic mass is 35.5. The lowest BCUT2D eigenvalue weighted by molar-refractivity contribution is 0.402. The van der Waals surface area contributed by atoms with Gasteiger partial charge >= 0.3 is 0 Å². The minimum Gasteiger partial charge on any atom is -0.305 e. The number of hydrogen-bond acceptors (Lipinski definition) is 1. The molecule has 0 fully saturated rings. The molecule has 0 heterocycles. The van der Waals surface area contributed by atoms with Crippen LogP contribution in [-0.2, 0) is 6.54 Å². The summed E-state index contributed by atoms with van der Waals surface area (Å²) in [6, 6.07) is 10.5. The minimum absolute atomic E-state index is 0. The number of halogens is 2. The smallest absolute Gasteiger partial charge is 0.0401 e. The molecule has 0 N–H and O–H groups in total. The quantitative estimate of drug-likeness (QED) is 0.583. The summed E-state index contributed by atoms with van der Waals surface area (Å²) in [5.41, 5.74) is 1.37. The van der Waals surface area contributed by atoms with Gasteiger partial charge in [-0.15, -0.1) is 30.6 Å². The van der Waals surface area contributed by atoms with E-state index in [0.29, 0.717) is 5.88 Å². The van der Waals surface area contributed by atoms with Gasteiger partial charge in [0, 0.05) is 12.4 Å². The zero-order valence-electron chi connectivity index (χ0n) is 9.32. The maximum absolute atomic E-state index is 5.07. The second-order valence-corrected chi connectivity index (χ2v) is 3.47. The molecule has 1 aromatic carbocycles. The van der Waals surface area contributed by atoms with Gasteiger partial charge < -0.3 is 4.90 Å². The summed E-state index contributed by atoms with van der Waals surface area (Å²) in [5.74, 6) is 0.556. The van der Waals surface area contributed by atoms with E-state index in [-0.39, 0.29) is 12.4 Å². The molecule has 1 rings (SSSR count). The molecule has 0 saturated heterocycles. The van der Waals surface area contributed by atoms with Gasteiger partial charge in [-0.3, -0.25) is 0 Å². The summed E-state index contributed by atoms with van der Waals surface area (Å²) in [6.07, 6.45) is 1.64. The highest BCUT2D eigenvalue weighted by molar-refractivity contribution is 6.18. The average molecular weight is 248 g/mol. The number of allylic oxidation sites excluding steroid dienone is 1. The molecule has 3 heteroatoms. The molecule has 86 valence electrons.